The molecule has 0 saturated carbocycles. The van der Waals surface area contributed by atoms with E-state index in [9.17, 15) is 62.6 Å². The van der Waals surface area contributed by atoms with Gasteiger partial charge in [-0.25, -0.2) is 14.6 Å². The molecule has 0 bridgehead atoms. The van der Waals surface area contributed by atoms with Crippen LogP contribution in [0.1, 0.15) is 230 Å². The van der Waals surface area contributed by atoms with Crippen molar-refractivity contribution in [1.29, 1.82) is 0 Å². The molecule has 634 valence electrons. The van der Waals surface area contributed by atoms with Crippen LogP contribution >= 0.6 is 11.3 Å². The Labute approximate surface area is 676 Å². The molecule has 11 N–H and O–H groups in total. The summed E-state index contributed by atoms with van der Waals surface area (Å²) in [4.78, 5) is 173. The van der Waals surface area contributed by atoms with Crippen molar-refractivity contribution in [3.63, 3.8) is 0 Å². The van der Waals surface area contributed by atoms with Crippen LogP contribution in [-0.4, -0.2) is 191 Å². The highest BCUT2D eigenvalue weighted by Gasteiger charge is 2.45. The van der Waals surface area contributed by atoms with Crippen LogP contribution in [0.3, 0.4) is 0 Å². The SMILES string of the molecule is C.CC[C@H](C)[C@@H]([C@@H](CC(=O)N1CCC[C@H]1[C@H](OC)[C@@H](C)C(=O)C[C@@H](Cc1ccccc1)c1nccs1)OC)N(C)C(=O)[C@@H](CC(=O)C(C)(C)NC(=O)OCc1ccc(NC(=O)[C@H](CCCNC(N)=O)CC(=O)[C@@H](NC(=O)[C@H](CCCCNC(=O)CC[C@@H](NC(C)(C)C)C(=O)C(C)(C)C)CC(=O)[C@H](N)CO)C(C)C)cc1)C(C)C. The number of nitrogens with zero attached hydrogens (tertiary/aromatic N) is 3. The van der Waals surface area contributed by atoms with Gasteiger partial charge in [-0.15, -0.1) is 11.3 Å². The van der Waals surface area contributed by atoms with E-state index < -0.39 is 125 Å². The molecule has 3 aromatic rings. The second kappa shape index (κ2) is 47.8. The summed E-state index contributed by atoms with van der Waals surface area (Å²) in [7, 11) is 4.78. The number of aromatic nitrogens is 1. The molecule has 1 aromatic heterocycles. The van der Waals surface area contributed by atoms with Crippen molar-refractivity contribution < 1.29 is 76.9 Å². The van der Waals surface area contributed by atoms with Gasteiger partial charge in [0.2, 0.25) is 29.5 Å². The number of thiazole rings is 1. The summed E-state index contributed by atoms with van der Waals surface area (Å²) >= 11 is 1.53. The lowest BCUT2D eigenvalue weighted by Gasteiger charge is -2.41. The third-order valence-electron chi connectivity index (χ3n) is 21.4. The fourth-order valence-corrected chi connectivity index (χ4v) is 15.2. The van der Waals surface area contributed by atoms with Gasteiger partial charge in [0.1, 0.15) is 12.4 Å². The van der Waals surface area contributed by atoms with E-state index in [2.05, 4.69) is 36.9 Å². The van der Waals surface area contributed by atoms with Gasteiger partial charge in [0.25, 0.3) is 0 Å². The van der Waals surface area contributed by atoms with Gasteiger partial charge in [0.05, 0.1) is 66.0 Å². The number of likely N-dealkylation sites (N-methyl/N-ethyl adjacent to an activating group) is 1. The van der Waals surface area contributed by atoms with Crippen molar-refractivity contribution in [3.05, 3.63) is 82.3 Å². The molecule has 4 rings (SSSR count). The highest BCUT2D eigenvalue weighted by Crippen LogP contribution is 2.35. The third-order valence-corrected chi connectivity index (χ3v) is 22.3. The Balaban J connectivity index is 0.0000331. The van der Waals surface area contributed by atoms with Gasteiger partial charge in [-0.3, -0.25) is 47.9 Å². The maximum atomic E-state index is 14.9. The number of unbranched alkanes of at least 4 members (excludes halogenated alkanes) is 1. The third kappa shape index (κ3) is 32.7. The van der Waals surface area contributed by atoms with Crippen molar-refractivity contribution in [3.8, 4) is 0 Å². The minimum Gasteiger partial charge on any atom is -0.445 e. The molecule has 1 aliphatic rings. The average molecular weight is 1600 g/mol. The van der Waals surface area contributed by atoms with Crippen molar-refractivity contribution >= 4 is 87.6 Å². The first-order valence-corrected chi connectivity index (χ1v) is 40.8. The van der Waals surface area contributed by atoms with E-state index in [-0.39, 0.29) is 144 Å². The number of hydrogen-bond donors (Lipinski definition) is 9. The number of carbonyl (C=O) groups is 12. The smallest absolute Gasteiger partial charge is 0.408 e. The number of rotatable bonds is 50. The van der Waals surface area contributed by atoms with Crippen molar-refractivity contribution in [2.24, 2.45) is 58.3 Å². The number of anilines is 1. The molecule has 0 spiro atoms. The molecule has 1 aliphatic heterocycles. The zero-order chi connectivity index (χ0) is 84.0. The van der Waals surface area contributed by atoms with E-state index in [0.717, 1.165) is 17.0 Å². The summed E-state index contributed by atoms with van der Waals surface area (Å²) in [6.45, 7) is 27.4. The maximum Gasteiger partial charge on any atom is 0.408 e. The average Bonchev–Trinajstić information content (AvgIpc) is 1.50. The number of nitrogens with one attached hydrogen (secondary N) is 6. The molecule has 8 amide bonds. The molecular weight excluding hydrogens is 1460 g/mol. The molecule has 28 heteroatoms. The summed E-state index contributed by atoms with van der Waals surface area (Å²) in [6, 6.07) is 11.8. The van der Waals surface area contributed by atoms with Crippen LogP contribution < -0.4 is 43.4 Å². The van der Waals surface area contributed by atoms with Gasteiger partial charge < -0.3 is 72.5 Å². The van der Waals surface area contributed by atoms with Crippen LogP contribution in [0.4, 0.5) is 15.3 Å². The molecule has 27 nitrogen and oxygen atoms in total. The number of primary amides is 1. The molecule has 13 atom stereocenters. The van der Waals surface area contributed by atoms with E-state index in [1.807, 2.05) is 117 Å². The molecule has 1 fully saturated rings. The van der Waals surface area contributed by atoms with Crippen LogP contribution in [0.5, 0.6) is 0 Å². The number of aliphatic hydroxyl groups excluding tert-OH is 1. The Hall–Kier alpha value is -7.89. The van der Waals surface area contributed by atoms with Crippen LogP contribution in [0.2, 0.25) is 0 Å². The number of ether oxygens (including phenoxy) is 3. The second-order valence-electron chi connectivity index (χ2n) is 33.6. The zero-order valence-corrected chi connectivity index (χ0v) is 70.7. The molecule has 0 unspecified atom stereocenters. The highest BCUT2D eigenvalue weighted by atomic mass is 32.1. The largest absolute Gasteiger partial charge is 0.445 e. The van der Waals surface area contributed by atoms with Gasteiger partial charge in [0.15, 0.2) is 23.1 Å². The fourth-order valence-electron chi connectivity index (χ4n) is 14.5. The first-order valence-electron chi connectivity index (χ1n) is 39.9. The summed E-state index contributed by atoms with van der Waals surface area (Å²) in [5.41, 5.74) is 10.7. The number of amides is 8. The second-order valence-corrected chi connectivity index (χ2v) is 34.6. The number of carbonyl (C=O) groups excluding carboxylic acids is 12. The number of nitrogens with two attached hydrogens (primary N) is 2. The quantitative estimate of drug-likeness (QED) is 0.0237. The van der Waals surface area contributed by atoms with E-state index in [0.29, 0.717) is 56.3 Å². The monoisotopic (exact) mass is 1600 g/mol. The number of likely N-dealkylation sites (tertiary alicyclic amines) is 1. The summed E-state index contributed by atoms with van der Waals surface area (Å²) in [6.07, 6.45) is 3.24. The van der Waals surface area contributed by atoms with Gasteiger partial charge in [-0.1, -0.05) is 132 Å². The Morgan fingerprint density at radius 1 is 0.735 bits per heavy atom. The molecule has 0 radical (unpaired) electrons. The first-order chi connectivity index (χ1) is 52.6. The molecule has 1 saturated heterocycles. The van der Waals surface area contributed by atoms with E-state index >= 15 is 0 Å². The zero-order valence-electron chi connectivity index (χ0n) is 69.8. The fraction of sp³-hybridized carbons (Fsp3) is 0.682. The van der Waals surface area contributed by atoms with Gasteiger partial charge in [-0.05, 0) is 127 Å². The Kier molecular flexibility index (Phi) is 42.0. The highest BCUT2D eigenvalue weighted by molar-refractivity contribution is 7.09. The number of methoxy groups -OCH3 is 2. The summed E-state index contributed by atoms with van der Waals surface area (Å²) in [5.74, 6) is -7.73. The lowest BCUT2D eigenvalue weighted by Crippen LogP contribution is -2.55. The molecular formula is C85H137N11O16S. The Morgan fingerprint density at radius 2 is 1.36 bits per heavy atom. The summed E-state index contributed by atoms with van der Waals surface area (Å²) < 4.78 is 17.9. The van der Waals surface area contributed by atoms with Crippen LogP contribution in [0.25, 0.3) is 0 Å². The molecule has 0 aliphatic carbocycles. The molecule has 2 heterocycles. The van der Waals surface area contributed by atoms with E-state index in [1.165, 1.54) is 32.3 Å². The van der Waals surface area contributed by atoms with Gasteiger partial charge in [0, 0.05) is 131 Å². The van der Waals surface area contributed by atoms with Crippen molar-refractivity contribution in [2.45, 2.75) is 280 Å². The first kappa shape index (κ1) is 99.3. The van der Waals surface area contributed by atoms with E-state index in [4.69, 9.17) is 25.7 Å². The minimum absolute atomic E-state index is 0. The van der Waals surface area contributed by atoms with Crippen LogP contribution in [-0.2, 0) is 75.2 Å². The number of aliphatic hydroxyl groups is 1. The van der Waals surface area contributed by atoms with E-state index in [1.54, 1.807) is 63.4 Å². The lowest BCUT2D eigenvalue weighted by atomic mass is 9.83. The van der Waals surface area contributed by atoms with Crippen LogP contribution in [0.15, 0.2) is 66.2 Å². The number of urea groups is 1. The Morgan fingerprint density at radius 3 is 1.93 bits per heavy atom. The van der Waals surface area contributed by atoms with Crippen LogP contribution in [0, 0.1) is 46.8 Å². The number of hydrogen-bond acceptors (Lipinski definition) is 20. The Bertz CT molecular complexity index is 3530. The van der Waals surface area contributed by atoms with Crippen molar-refractivity contribution in [2.75, 3.05) is 52.8 Å². The van der Waals surface area contributed by atoms with Gasteiger partial charge in [-0.2, -0.15) is 0 Å². The van der Waals surface area contributed by atoms with Gasteiger partial charge >= 0.3 is 12.1 Å². The number of benzene rings is 2. The molecule has 113 heavy (non-hydrogen) atoms. The minimum atomic E-state index is -1.50. The predicted molar refractivity (Wildman–Crippen MR) is 440 cm³/mol. The number of alkyl carbamates (subject to hydrolysis) is 1. The normalized spacial score (nSPS) is 16.4. The van der Waals surface area contributed by atoms with Crippen molar-refractivity contribution in [1.82, 2.24) is 41.4 Å². The maximum absolute atomic E-state index is 14.9. The lowest BCUT2D eigenvalue weighted by molar-refractivity contribution is -0.149. The number of ketones is 5. The number of Topliss-reactive ketones (excluding diaryl/α,β-unsaturated/α-hetero) is 5. The summed E-state index contributed by atoms with van der Waals surface area (Å²) in [5, 5.41) is 29.6. The predicted octanol–water partition coefficient (Wildman–Crippen LogP) is 10.4. The standard InChI is InChI=1S/C84H133N11O16S.CH4/c1-19-53(6)73(68(109-17)48-71(102)95-41-26-31-64(95)74(110-18)54(7)65(97)46-59(78-88-40-42-112-78)43-55-27-21-20-22-28-55)94(16)79(106)61(51(2)3)47-69(100)84(14,15)93-81(108)111-50-56-32-34-60(35-33-56)90-76(104)58(30-25-39-89-80(86)107)45-67(99)72(52(4)5)91-77(105)57(44-66(98)62(85)49-96)29-23-24-38-87-70(101)37-36-63(92-83(11,12)13)75(103)82(8,9)10;/h20-22,27-28,32-35,40,42,51-54,57-59,61-64,68,72-74,92,96H,19,23-26,29-31,36-39,41,43-50,85H2,1-18H3,(H,87,101)(H,90,104)(H,91,105)(H,93,108)(H3,86,89,107);1H4/t53-,54-,57+,58+,59+,61-,62+,63+,64-,68+,72-,73-,74+;/m0./s1. The topological polar surface area (TPSA) is 396 Å². The molecule has 2 aromatic carbocycles.